The van der Waals surface area contributed by atoms with Crippen molar-refractivity contribution in [3.05, 3.63) is 57.9 Å². The highest BCUT2D eigenvalue weighted by molar-refractivity contribution is 7.10. The third-order valence-corrected chi connectivity index (χ3v) is 7.87. The molecule has 190 valence electrons. The van der Waals surface area contributed by atoms with E-state index in [2.05, 4.69) is 21.7 Å². The quantitative estimate of drug-likeness (QED) is 0.385. The normalized spacial score (nSPS) is 16.3. The Bertz CT molecular complexity index is 1240. The Morgan fingerprint density at radius 3 is 2.81 bits per heavy atom. The number of aliphatic hydroxyl groups is 1. The molecule has 6 nitrogen and oxygen atoms in total. The Balaban J connectivity index is 1.47. The Labute approximate surface area is 214 Å². The van der Waals surface area contributed by atoms with Gasteiger partial charge in [0.05, 0.1) is 37.1 Å². The second-order valence-electron chi connectivity index (χ2n) is 9.37. The second-order valence-corrected chi connectivity index (χ2v) is 10.3. The van der Waals surface area contributed by atoms with E-state index in [1.165, 1.54) is 6.20 Å². The number of thiophene rings is 1. The molecule has 0 aliphatic carbocycles. The van der Waals surface area contributed by atoms with Crippen molar-refractivity contribution in [1.82, 2.24) is 9.88 Å². The Morgan fingerprint density at radius 2 is 2.14 bits per heavy atom. The van der Waals surface area contributed by atoms with Crippen LogP contribution >= 0.6 is 11.3 Å². The summed E-state index contributed by atoms with van der Waals surface area (Å²) in [4.78, 5) is 19.3. The van der Waals surface area contributed by atoms with Gasteiger partial charge < -0.3 is 14.9 Å². The van der Waals surface area contributed by atoms with E-state index in [0.29, 0.717) is 53.6 Å². The van der Waals surface area contributed by atoms with Crippen molar-refractivity contribution in [3.8, 4) is 17.6 Å². The van der Waals surface area contributed by atoms with E-state index in [1.807, 2.05) is 17.5 Å². The van der Waals surface area contributed by atoms with Crippen LogP contribution in [0.15, 0.2) is 41.9 Å². The summed E-state index contributed by atoms with van der Waals surface area (Å²) in [7, 11) is 1.55. The van der Waals surface area contributed by atoms with E-state index in [9.17, 15) is 15.0 Å². The third-order valence-electron chi connectivity index (χ3n) is 7.09. The molecule has 1 aliphatic heterocycles. The van der Waals surface area contributed by atoms with Crippen molar-refractivity contribution < 1.29 is 24.1 Å². The van der Waals surface area contributed by atoms with Gasteiger partial charge in [-0.25, -0.2) is 4.39 Å². The van der Waals surface area contributed by atoms with Gasteiger partial charge in [0.1, 0.15) is 11.9 Å². The monoisotopic (exact) mass is 510 g/mol. The standard InChI is InChI=1S/C28H31FN2O4S/c1-35-21-6-7-25-23(16-21)27(20(19-32)18-30-25)24(29)8-9-28(17-26(33)34)10-13-31(14-11-28)12-2-4-22-5-3-15-36-22/h3,5-7,15-16,18,24,32H,8-14,17,19H2,1H3,(H,33,34)/t24-/m0/s1. The van der Waals surface area contributed by atoms with E-state index in [0.717, 1.165) is 18.0 Å². The number of methoxy groups -OCH3 is 1. The number of piperidine rings is 1. The highest BCUT2D eigenvalue weighted by Gasteiger charge is 2.37. The van der Waals surface area contributed by atoms with Crippen molar-refractivity contribution in [2.75, 3.05) is 26.7 Å². The SMILES string of the molecule is COc1ccc2ncc(CO)c([C@@H](F)CCC3(CC(=O)O)CCN(CC#Cc4cccs4)CC3)c2c1. The minimum Gasteiger partial charge on any atom is -0.497 e. The van der Waals surface area contributed by atoms with Crippen LogP contribution in [-0.4, -0.2) is 52.8 Å². The molecule has 2 N–H and O–H groups in total. The molecule has 3 aromatic rings. The van der Waals surface area contributed by atoms with Crippen LogP contribution < -0.4 is 4.74 Å². The molecule has 0 saturated carbocycles. The molecule has 3 heterocycles. The maximum Gasteiger partial charge on any atom is 0.303 e. The number of likely N-dealkylation sites (tertiary alicyclic amines) is 1. The molecule has 0 radical (unpaired) electrons. The molecular weight excluding hydrogens is 479 g/mol. The lowest BCUT2D eigenvalue weighted by molar-refractivity contribution is -0.141. The van der Waals surface area contributed by atoms with Crippen LogP contribution in [0.1, 0.15) is 54.3 Å². The molecule has 36 heavy (non-hydrogen) atoms. The number of halogens is 1. The van der Waals surface area contributed by atoms with Crippen molar-refractivity contribution in [1.29, 1.82) is 0 Å². The lowest BCUT2D eigenvalue weighted by atomic mass is 9.71. The summed E-state index contributed by atoms with van der Waals surface area (Å²) in [6, 6.07) is 9.25. The molecule has 0 bridgehead atoms. The van der Waals surface area contributed by atoms with Crippen molar-refractivity contribution in [2.45, 2.75) is 44.9 Å². The second kappa shape index (κ2) is 11.8. The molecule has 1 saturated heterocycles. The minimum atomic E-state index is -1.36. The van der Waals surface area contributed by atoms with Crippen molar-refractivity contribution in [2.24, 2.45) is 5.41 Å². The number of rotatable bonds is 9. The number of carbonyl (C=O) groups is 1. The third kappa shape index (κ3) is 6.22. The zero-order valence-electron chi connectivity index (χ0n) is 20.4. The first-order valence-corrected chi connectivity index (χ1v) is 13.0. The number of benzene rings is 1. The maximum absolute atomic E-state index is 15.8. The largest absolute Gasteiger partial charge is 0.497 e. The van der Waals surface area contributed by atoms with Crippen LogP contribution in [0.4, 0.5) is 4.39 Å². The number of carboxylic acid groups (broad SMARTS) is 1. The first kappa shape index (κ1) is 26.1. The average Bonchev–Trinajstić information content (AvgIpc) is 3.40. The van der Waals surface area contributed by atoms with Gasteiger partial charge in [0.2, 0.25) is 0 Å². The van der Waals surface area contributed by atoms with Crippen molar-refractivity contribution in [3.63, 3.8) is 0 Å². The van der Waals surface area contributed by atoms with E-state index in [4.69, 9.17) is 4.74 Å². The van der Waals surface area contributed by atoms with Crippen LogP contribution in [-0.2, 0) is 11.4 Å². The molecule has 0 spiro atoms. The summed E-state index contributed by atoms with van der Waals surface area (Å²) in [5, 5.41) is 22.1. The van der Waals surface area contributed by atoms with Gasteiger partial charge in [-0.2, -0.15) is 0 Å². The van der Waals surface area contributed by atoms with Gasteiger partial charge in [-0.3, -0.25) is 14.7 Å². The fourth-order valence-electron chi connectivity index (χ4n) is 5.04. The summed E-state index contributed by atoms with van der Waals surface area (Å²) in [5.74, 6) is 6.10. The molecule has 1 aliphatic rings. The van der Waals surface area contributed by atoms with Gasteiger partial charge in [-0.15, -0.1) is 11.3 Å². The number of hydrogen-bond acceptors (Lipinski definition) is 6. The fraction of sp³-hybridized carbons (Fsp3) is 0.429. The maximum atomic E-state index is 15.8. The van der Waals surface area contributed by atoms with E-state index < -0.39 is 17.6 Å². The van der Waals surface area contributed by atoms with E-state index in [-0.39, 0.29) is 19.4 Å². The van der Waals surface area contributed by atoms with Gasteiger partial charge in [-0.1, -0.05) is 17.9 Å². The summed E-state index contributed by atoms with van der Waals surface area (Å²) < 4.78 is 21.1. The molecule has 4 rings (SSSR count). The first-order chi connectivity index (χ1) is 17.4. The highest BCUT2D eigenvalue weighted by Crippen LogP contribution is 2.43. The Morgan fingerprint density at radius 1 is 1.33 bits per heavy atom. The fourth-order valence-corrected chi connectivity index (χ4v) is 5.64. The number of nitrogens with zero attached hydrogens (tertiary/aromatic N) is 2. The number of aliphatic carboxylic acids is 1. The summed E-state index contributed by atoms with van der Waals surface area (Å²) >= 11 is 1.61. The molecule has 2 aromatic heterocycles. The number of carboxylic acids is 1. The molecule has 0 unspecified atom stereocenters. The number of ether oxygens (including phenoxy) is 1. The van der Waals surface area contributed by atoms with Gasteiger partial charge in [-0.05, 0) is 73.8 Å². The molecule has 8 heteroatoms. The zero-order chi connectivity index (χ0) is 25.5. The first-order valence-electron chi connectivity index (χ1n) is 12.1. The summed E-state index contributed by atoms with van der Waals surface area (Å²) in [5.41, 5.74) is 1.01. The number of fused-ring (bicyclic) bond motifs is 1. The molecule has 0 amide bonds. The Kier molecular flexibility index (Phi) is 8.57. The van der Waals surface area contributed by atoms with Crippen LogP contribution in [0.25, 0.3) is 10.9 Å². The topological polar surface area (TPSA) is 82.9 Å². The number of alkyl halides is 1. The predicted octanol–water partition coefficient (Wildman–Crippen LogP) is 5.20. The smallest absolute Gasteiger partial charge is 0.303 e. The van der Waals surface area contributed by atoms with Gasteiger partial charge in [0, 0.05) is 22.7 Å². The van der Waals surface area contributed by atoms with Crippen LogP contribution in [0.2, 0.25) is 0 Å². The van der Waals surface area contributed by atoms with Crippen LogP contribution in [0, 0.1) is 17.3 Å². The minimum absolute atomic E-state index is 0.0200. The lowest BCUT2D eigenvalue weighted by Crippen LogP contribution is -2.41. The summed E-state index contributed by atoms with van der Waals surface area (Å²) in [6.07, 6.45) is 2.17. The molecule has 1 aromatic carbocycles. The molecule has 1 atom stereocenters. The molecular formula is C28H31FN2O4S. The van der Waals surface area contributed by atoms with E-state index in [1.54, 1.807) is 36.6 Å². The predicted molar refractivity (Wildman–Crippen MR) is 139 cm³/mol. The lowest BCUT2D eigenvalue weighted by Gasteiger charge is -2.41. The van der Waals surface area contributed by atoms with Gasteiger partial charge >= 0.3 is 5.97 Å². The summed E-state index contributed by atoms with van der Waals surface area (Å²) in [6.45, 7) is 1.79. The average molecular weight is 511 g/mol. The van der Waals surface area contributed by atoms with Crippen LogP contribution in [0.3, 0.4) is 0 Å². The zero-order valence-corrected chi connectivity index (χ0v) is 21.2. The van der Waals surface area contributed by atoms with Crippen molar-refractivity contribution >= 4 is 28.2 Å². The Hall–Kier alpha value is -2.99. The number of hydrogen-bond donors (Lipinski definition) is 2. The molecule has 1 fully saturated rings. The van der Waals surface area contributed by atoms with Gasteiger partial charge in [0.15, 0.2) is 0 Å². The number of aliphatic hydroxyl groups excluding tert-OH is 1. The van der Waals surface area contributed by atoms with Gasteiger partial charge in [0.25, 0.3) is 0 Å². The highest BCUT2D eigenvalue weighted by atomic mass is 32.1. The van der Waals surface area contributed by atoms with Crippen LogP contribution in [0.5, 0.6) is 5.75 Å². The van der Waals surface area contributed by atoms with E-state index >= 15 is 4.39 Å². The number of pyridine rings is 1. The number of aromatic nitrogens is 1.